The van der Waals surface area contributed by atoms with Crippen molar-refractivity contribution in [2.24, 2.45) is 5.10 Å². The van der Waals surface area contributed by atoms with Gasteiger partial charge in [0.1, 0.15) is 0 Å². The Morgan fingerprint density at radius 3 is 2.75 bits per heavy atom. The molecule has 3 rings (SSSR count). The lowest BCUT2D eigenvalue weighted by atomic mass is 10.2. The van der Waals surface area contributed by atoms with Gasteiger partial charge in [0, 0.05) is 18.1 Å². The van der Waals surface area contributed by atoms with Crippen molar-refractivity contribution in [2.45, 2.75) is 18.8 Å². The van der Waals surface area contributed by atoms with Crippen LogP contribution in [-0.4, -0.2) is 26.0 Å². The van der Waals surface area contributed by atoms with E-state index in [2.05, 4.69) is 15.3 Å². The van der Waals surface area contributed by atoms with E-state index >= 15 is 0 Å². The van der Waals surface area contributed by atoms with E-state index in [4.69, 9.17) is 12.2 Å². The molecule has 7 nitrogen and oxygen atoms in total. The Morgan fingerprint density at radius 2 is 2.15 bits per heavy atom. The lowest BCUT2D eigenvalue weighted by Crippen LogP contribution is -1.97. The first-order valence-electron chi connectivity index (χ1n) is 6.11. The van der Waals surface area contributed by atoms with Crippen molar-refractivity contribution in [1.82, 2.24) is 14.9 Å². The highest BCUT2D eigenvalue weighted by Crippen LogP contribution is 2.38. The Hall–Kier alpha value is -2.35. The molecule has 2 aromatic rings. The van der Waals surface area contributed by atoms with E-state index in [0.717, 1.165) is 24.2 Å². The second kappa shape index (κ2) is 4.97. The lowest BCUT2D eigenvalue weighted by Gasteiger charge is -1.98. The van der Waals surface area contributed by atoms with E-state index in [1.54, 1.807) is 23.0 Å². The third kappa shape index (κ3) is 2.50. The van der Waals surface area contributed by atoms with Crippen LogP contribution in [0.3, 0.4) is 0 Å². The van der Waals surface area contributed by atoms with Gasteiger partial charge in [0.05, 0.1) is 11.1 Å². The van der Waals surface area contributed by atoms with Crippen molar-refractivity contribution < 1.29 is 4.92 Å². The molecule has 102 valence electrons. The maximum Gasteiger partial charge on any atom is 0.269 e. The minimum absolute atomic E-state index is 0.0562. The van der Waals surface area contributed by atoms with Crippen LogP contribution in [0.25, 0.3) is 0 Å². The van der Waals surface area contributed by atoms with Crippen LogP contribution in [0.5, 0.6) is 0 Å². The van der Waals surface area contributed by atoms with Gasteiger partial charge in [0.25, 0.3) is 5.69 Å². The first-order chi connectivity index (χ1) is 9.65. The summed E-state index contributed by atoms with van der Waals surface area (Å²) in [6.07, 6.45) is 3.82. The summed E-state index contributed by atoms with van der Waals surface area (Å²) in [5.41, 5.74) is 0.821. The van der Waals surface area contributed by atoms with Crippen molar-refractivity contribution in [3.05, 3.63) is 50.5 Å². The topological polar surface area (TPSA) is 89.1 Å². The zero-order chi connectivity index (χ0) is 14.1. The van der Waals surface area contributed by atoms with E-state index in [-0.39, 0.29) is 5.69 Å². The number of nitro groups is 1. The smallest absolute Gasteiger partial charge is 0.258 e. The highest BCUT2D eigenvalue weighted by atomic mass is 32.1. The Balaban J connectivity index is 1.85. The summed E-state index contributed by atoms with van der Waals surface area (Å²) < 4.78 is 2.05. The molecule has 1 aliphatic carbocycles. The Kier molecular flexibility index (Phi) is 3.15. The first-order valence-corrected chi connectivity index (χ1v) is 6.52. The van der Waals surface area contributed by atoms with Crippen molar-refractivity contribution in [3.63, 3.8) is 0 Å². The number of nitrogens with one attached hydrogen (secondary N) is 1. The fourth-order valence-electron chi connectivity index (χ4n) is 1.83. The molecule has 0 bridgehead atoms. The van der Waals surface area contributed by atoms with Gasteiger partial charge in [0.2, 0.25) is 4.77 Å². The van der Waals surface area contributed by atoms with Crippen LogP contribution in [0.1, 0.15) is 30.1 Å². The van der Waals surface area contributed by atoms with Crippen LogP contribution in [-0.2, 0) is 0 Å². The zero-order valence-electron chi connectivity index (χ0n) is 10.4. The van der Waals surface area contributed by atoms with Crippen LogP contribution >= 0.6 is 12.2 Å². The van der Waals surface area contributed by atoms with Crippen molar-refractivity contribution in [1.29, 1.82) is 0 Å². The Labute approximate surface area is 119 Å². The molecule has 0 saturated heterocycles. The van der Waals surface area contributed by atoms with Gasteiger partial charge in [-0.1, -0.05) is 0 Å². The number of rotatable bonds is 4. The number of hydrogen-bond donors (Lipinski definition) is 1. The van der Waals surface area contributed by atoms with Gasteiger partial charge >= 0.3 is 0 Å². The maximum absolute atomic E-state index is 10.6. The maximum atomic E-state index is 10.6. The third-order valence-corrected chi connectivity index (χ3v) is 3.31. The predicted molar refractivity (Wildman–Crippen MR) is 75.5 cm³/mol. The van der Waals surface area contributed by atoms with Crippen LogP contribution < -0.4 is 0 Å². The molecule has 1 heterocycles. The zero-order valence-corrected chi connectivity index (χ0v) is 11.2. The second-order valence-electron chi connectivity index (χ2n) is 4.57. The van der Waals surface area contributed by atoms with Crippen LogP contribution in [0.2, 0.25) is 0 Å². The molecular formula is C12H11N5O2S. The Morgan fingerprint density at radius 1 is 1.45 bits per heavy atom. The van der Waals surface area contributed by atoms with Gasteiger partial charge in [-0.3, -0.25) is 15.2 Å². The van der Waals surface area contributed by atoms with E-state index in [1.807, 2.05) is 0 Å². The van der Waals surface area contributed by atoms with Gasteiger partial charge in [0.15, 0.2) is 5.82 Å². The molecule has 0 unspecified atom stereocenters. The molecule has 1 aromatic heterocycles. The van der Waals surface area contributed by atoms with Crippen molar-refractivity contribution >= 4 is 24.1 Å². The largest absolute Gasteiger partial charge is 0.269 e. The van der Waals surface area contributed by atoms with E-state index < -0.39 is 4.92 Å². The molecule has 1 aromatic carbocycles. The average molecular weight is 289 g/mol. The molecule has 1 aliphatic rings. The SMILES string of the molecule is O=[N+]([O-])c1ccc(/C=N\n2c(C3CC3)n[nH]c2=S)cc1. The first kappa shape index (κ1) is 12.7. The number of aromatic amines is 1. The number of hydrogen-bond acceptors (Lipinski definition) is 5. The monoisotopic (exact) mass is 289 g/mol. The highest BCUT2D eigenvalue weighted by molar-refractivity contribution is 7.71. The van der Waals surface area contributed by atoms with Crippen molar-refractivity contribution in [3.8, 4) is 0 Å². The second-order valence-corrected chi connectivity index (χ2v) is 4.95. The summed E-state index contributed by atoms with van der Waals surface area (Å²) >= 11 is 5.13. The highest BCUT2D eigenvalue weighted by Gasteiger charge is 2.29. The molecule has 1 fully saturated rings. The summed E-state index contributed by atoms with van der Waals surface area (Å²) in [6.45, 7) is 0. The van der Waals surface area contributed by atoms with Crippen LogP contribution in [0.4, 0.5) is 5.69 Å². The van der Waals surface area contributed by atoms with Crippen LogP contribution in [0.15, 0.2) is 29.4 Å². The van der Waals surface area contributed by atoms with Gasteiger partial charge in [-0.05, 0) is 42.8 Å². The molecule has 0 radical (unpaired) electrons. The summed E-state index contributed by atoms with van der Waals surface area (Å²) in [5.74, 6) is 1.27. The number of aromatic nitrogens is 3. The summed E-state index contributed by atoms with van der Waals surface area (Å²) in [6, 6.07) is 6.17. The number of nitro benzene ring substituents is 1. The normalized spacial score (nSPS) is 14.8. The van der Waals surface area contributed by atoms with E-state index in [9.17, 15) is 10.1 Å². The fraction of sp³-hybridized carbons (Fsp3) is 0.250. The summed E-state index contributed by atoms with van der Waals surface area (Å²) in [4.78, 5) is 10.1. The van der Waals surface area contributed by atoms with Gasteiger partial charge < -0.3 is 0 Å². The molecule has 0 spiro atoms. The minimum atomic E-state index is -0.432. The Bertz CT molecular complexity index is 727. The summed E-state index contributed by atoms with van der Waals surface area (Å²) in [7, 11) is 0. The predicted octanol–water partition coefficient (Wildman–Crippen LogP) is 2.61. The fourth-order valence-corrected chi connectivity index (χ4v) is 2.01. The quantitative estimate of drug-likeness (QED) is 0.405. The standard InChI is InChI=1S/C12H11N5O2S/c18-17(19)10-5-1-8(2-6-10)7-13-16-11(9-3-4-9)14-15-12(16)20/h1-2,5-7,9H,3-4H2,(H,15,20)/b13-7-. The number of nitrogens with zero attached hydrogens (tertiary/aromatic N) is 4. The number of non-ortho nitro benzene ring substituents is 1. The van der Waals surface area contributed by atoms with E-state index in [0.29, 0.717) is 10.7 Å². The lowest BCUT2D eigenvalue weighted by molar-refractivity contribution is -0.384. The molecule has 20 heavy (non-hydrogen) atoms. The average Bonchev–Trinajstić information content (AvgIpc) is 3.21. The molecular weight excluding hydrogens is 278 g/mol. The third-order valence-electron chi connectivity index (χ3n) is 3.04. The number of benzene rings is 1. The molecule has 0 aliphatic heterocycles. The molecule has 0 atom stereocenters. The van der Waals surface area contributed by atoms with Gasteiger partial charge in [-0.25, -0.2) is 0 Å². The minimum Gasteiger partial charge on any atom is -0.258 e. The van der Waals surface area contributed by atoms with Gasteiger partial charge in [-0.15, -0.1) is 0 Å². The molecule has 1 saturated carbocycles. The molecule has 8 heteroatoms. The van der Waals surface area contributed by atoms with Crippen LogP contribution in [0, 0.1) is 14.9 Å². The summed E-state index contributed by atoms with van der Waals surface area (Å²) in [5, 5.41) is 21.8. The molecule has 1 N–H and O–H groups in total. The van der Waals surface area contributed by atoms with E-state index in [1.165, 1.54) is 12.1 Å². The van der Waals surface area contributed by atoms with Crippen molar-refractivity contribution in [2.75, 3.05) is 0 Å². The van der Waals surface area contributed by atoms with Gasteiger partial charge in [-0.2, -0.15) is 14.9 Å². The number of H-pyrrole nitrogens is 1. The molecule has 0 amide bonds.